The van der Waals surface area contributed by atoms with Crippen LogP contribution in [-0.2, 0) is 10.2 Å². The van der Waals surface area contributed by atoms with Gasteiger partial charge in [-0.15, -0.1) is 12.4 Å². The highest BCUT2D eigenvalue weighted by atomic mass is 35.5. The summed E-state index contributed by atoms with van der Waals surface area (Å²) in [5.41, 5.74) is 7.52. The topological polar surface area (TPSA) is 55.1 Å². The number of benzene rings is 1. The maximum Gasteiger partial charge on any atom is 0.230 e. The average Bonchev–Trinajstić information content (AvgIpc) is 2.86. The molecule has 0 unspecified atom stereocenters. The number of nitrogens with two attached hydrogens (primary N) is 1. The van der Waals surface area contributed by atoms with Gasteiger partial charge in [-0.25, -0.2) is 0 Å². The van der Waals surface area contributed by atoms with Gasteiger partial charge in [-0.05, 0) is 25.3 Å². The highest BCUT2D eigenvalue weighted by Crippen LogP contribution is 2.41. The highest BCUT2D eigenvalue weighted by Gasteiger charge is 2.42. The highest BCUT2D eigenvalue weighted by molar-refractivity contribution is 5.88. The molecule has 1 amide bonds. The lowest BCUT2D eigenvalue weighted by Gasteiger charge is -2.28. The average molecular weight is 283 g/mol. The number of hydrogen-bond donors (Lipinski definition) is 2. The van der Waals surface area contributed by atoms with E-state index >= 15 is 0 Å². The van der Waals surface area contributed by atoms with Crippen LogP contribution >= 0.6 is 12.4 Å². The summed E-state index contributed by atoms with van der Waals surface area (Å²) in [4.78, 5) is 12.5. The Morgan fingerprint density at radius 3 is 2.63 bits per heavy atom. The zero-order valence-electron chi connectivity index (χ0n) is 11.4. The lowest BCUT2D eigenvalue weighted by atomic mass is 9.77. The second-order valence-corrected chi connectivity index (χ2v) is 5.20. The van der Waals surface area contributed by atoms with Crippen LogP contribution in [0.1, 0.15) is 36.8 Å². The standard InChI is InChI=1S/C15H22N2O.ClH/c1-12-5-4-6-13(11-12)15(7-2-3-8-15)14(18)17-10-9-16;/h4-6,11H,2-3,7-10,16H2,1H3,(H,17,18);1H. The molecule has 3 nitrogen and oxygen atoms in total. The van der Waals surface area contributed by atoms with E-state index in [1.165, 1.54) is 5.56 Å². The zero-order chi connectivity index (χ0) is 13.0. The number of hydrogen-bond acceptors (Lipinski definition) is 2. The summed E-state index contributed by atoms with van der Waals surface area (Å²) in [7, 11) is 0. The van der Waals surface area contributed by atoms with Crippen molar-refractivity contribution in [1.29, 1.82) is 0 Å². The summed E-state index contributed by atoms with van der Waals surface area (Å²) >= 11 is 0. The molecule has 0 aromatic heterocycles. The van der Waals surface area contributed by atoms with Gasteiger partial charge in [-0.2, -0.15) is 0 Å². The molecule has 1 saturated carbocycles. The van der Waals surface area contributed by atoms with Crippen molar-refractivity contribution in [1.82, 2.24) is 5.32 Å². The van der Waals surface area contributed by atoms with Gasteiger partial charge in [-0.1, -0.05) is 42.7 Å². The molecule has 0 bridgehead atoms. The first-order chi connectivity index (χ1) is 8.69. The number of carbonyl (C=O) groups excluding carboxylic acids is 1. The van der Waals surface area contributed by atoms with Gasteiger partial charge < -0.3 is 11.1 Å². The van der Waals surface area contributed by atoms with Crippen LogP contribution in [0.15, 0.2) is 24.3 Å². The zero-order valence-corrected chi connectivity index (χ0v) is 12.3. The molecule has 1 aromatic carbocycles. The molecule has 4 heteroatoms. The molecule has 1 aliphatic rings. The smallest absolute Gasteiger partial charge is 0.230 e. The molecule has 0 heterocycles. The van der Waals surface area contributed by atoms with E-state index < -0.39 is 0 Å². The molecule has 1 fully saturated rings. The summed E-state index contributed by atoms with van der Waals surface area (Å²) in [5, 5.41) is 2.97. The molecule has 2 rings (SSSR count). The van der Waals surface area contributed by atoms with Crippen molar-refractivity contribution in [3.63, 3.8) is 0 Å². The van der Waals surface area contributed by atoms with Crippen molar-refractivity contribution in [2.75, 3.05) is 13.1 Å². The third-order valence-electron chi connectivity index (χ3n) is 3.89. The second kappa shape index (κ2) is 6.92. The monoisotopic (exact) mass is 282 g/mol. The van der Waals surface area contributed by atoms with Crippen molar-refractivity contribution in [2.45, 2.75) is 38.0 Å². The minimum Gasteiger partial charge on any atom is -0.354 e. The first-order valence-electron chi connectivity index (χ1n) is 6.74. The minimum atomic E-state index is -0.318. The van der Waals surface area contributed by atoms with Gasteiger partial charge in [0.2, 0.25) is 5.91 Å². The van der Waals surface area contributed by atoms with E-state index in [9.17, 15) is 4.79 Å². The SMILES string of the molecule is Cc1cccc(C2(C(=O)NCCN)CCCC2)c1.Cl. The molecule has 1 aliphatic carbocycles. The van der Waals surface area contributed by atoms with E-state index in [2.05, 4.69) is 30.4 Å². The molecule has 106 valence electrons. The molecule has 0 atom stereocenters. The van der Waals surface area contributed by atoms with Crippen molar-refractivity contribution in [3.8, 4) is 0 Å². The van der Waals surface area contributed by atoms with E-state index in [0.29, 0.717) is 13.1 Å². The van der Waals surface area contributed by atoms with E-state index in [-0.39, 0.29) is 23.7 Å². The number of aryl methyl sites for hydroxylation is 1. The Morgan fingerprint density at radius 1 is 1.37 bits per heavy atom. The van der Waals surface area contributed by atoms with Crippen LogP contribution in [0.5, 0.6) is 0 Å². The molecule has 1 aromatic rings. The van der Waals surface area contributed by atoms with Gasteiger partial charge in [0.05, 0.1) is 5.41 Å². The molecular formula is C15H23ClN2O. The van der Waals surface area contributed by atoms with Crippen LogP contribution in [0, 0.1) is 6.92 Å². The summed E-state index contributed by atoms with van der Waals surface area (Å²) in [5.74, 6) is 0.149. The fraction of sp³-hybridized carbons (Fsp3) is 0.533. The van der Waals surface area contributed by atoms with Gasteiger partial charge >= 0.3 is 0 Å². The first-order valence-corrected chi connectivity index (χ1v) is 6.74. The van der Waals surface area contributed by atoms with E-state index in [1.54, 1.807) is 0 Å². The quantitative estimate of drug-likeness (QED) is 0.890. The van der Waals surface area contributed by atoms with Gasteiger partial charge in [0, 0.05) is 13.1 Å². The van der Waals surface area contributed by atoms with Crippen LogP contribution < -0.4 is 11.1 Å². The largest absolute Gasteiger partial charge is 0.354 e. The summed E-state index contributed by atoms with van der Waals surface area (Å²) in [6, 6.07) is 8.35. The third-order valence-corrected chi connectivity index (χ3v) is 3.89. The molecule has 0 radical (unpaired) electrons. The van der Waals surface area contributed by atoms with Gasteiger partial charge in [0.1, 0.15) is 0 Å². The Morgan fingerprint density at radius 2 is 2.05 bits per heavy atom. The van der Waals surface area contributed by atoms with Crippen molar-refractivity contribution in [2.24, 2.45) is 5.73 Å². The fourth-order valence-corrected chi connectivity index (χ4v) is 2.92. The van der Waals surface area contributed by atoms with Crippen LogP contribution in [0.4, 0.5) is 0 Å². The summed E-state index contributed by atoms with van der Waals surface area (Å²) < 4.78 is 0. The third kappa shape index (κ3) is 3.28. The van der Waals surface area contributed by atoms with Crippen LogP contribution in [0.25, 0.3) is 0 Å². The number of nitrogens with one attached hydrogen (secondary N) is 1. The maximum atomic E-state index is 12.5. The molecule has 19 heavy (non-hydrogen) atoms. The van der Waals surface area contributed by atoms with Gasteiger partial charge in [0.25, 0.3) is 0 Å². The predicted molar refractivity (Wildman–Crippen MR) is 80.6 cm³/mol. The van der Waals surface area contributed by atoms with Gasteiger partial charge in [0.15, 0.2) is 0 Å². The first kappa shape index (κ1) is 16.0. The Hall–Kier alpha value is -1.06. The minimum absolute atomic E-state index is 0. The summed E-state index contributed by atoms with van der Waals surface area (Å²) in [6.07, 6.45) is 4.16. The Bertz CT molecular complexity index is 428. The van der Waals surface area contributed by atoms with Crippen molar-refractivity contribution < 1.29 is 4.79 Å². The Labute approximate surface area is 121 Å². The van der Waals surface area contributed by atoms with E-state index in [0.717, 1.165) is 31.2 Å². The molecule has 0 saturated heterocycles. The van der Waals surface area contributed by atoms with Crippen LogP contribution in [-0.4, -0.2) is 19.0 Å². The Kier molecular flexibility index (Phi) is 5.83. The lowest BCUT2D eigenvalue weighted by molar-refractivity contribution is -0.126. The normalized spacial score (nSPS) is 16.7. The number of amides is 1. The van der Waals surface area contributed by atoms with Crippen molar-refractivity contribution in [3.05, 3.63) is 35.4 Å². The van der Waals surface area contributed by atoms with E-state index in [1.807, 2.05) is 6.07 Å². The van der Waals surface area contributed by atoms with Gasteiger partial charge in [-0.3, -0.25) is 4.79 Å². The predicted octanol–water partition coefficient (Wildman–Crippen LogP) is 2.30. The summed E-state index contributed by atoms with van der Waals surface area (Å²) in [6.45, 7) is 3.13. The molecular weight excluding hydrogens is 260 g/mol. The second-order valence-electron chi connectivity index (χ2n) is 5.20. The number of carbonyl (C=O) groups is 1. The number of rotatable bonds is 4. The number of halogens is 1. The maximum absolute atomic E-state index is 12.5. The van der Waals surface area contributed by atoms with Crippen LogP contribution in [0.2, 0.25) is 0 Å². The molecule has 0 spiro atoms. The fourth-order valence-electron chi connectivity index (χ4n) is 2.92. The van der Waals surface area contributed by atoms with Crippen LogP contribution in [0.3, 0.4) is 0 Å². The van der Waals surface area contributed by atoms with Crippen molar-refractivity contribution >= 4 is 18.3 Å². The molecule has 3 N–H and O–H groups in total. The molecule has 0 aliphatic heterocycles. The lowest BCUT2D eigenvalue weighted by Crippen LogP contribution is -2.44. The Balaban J connectivity index is 0.00000180. The van der Waals surface area contributed by atoms with E-state index in [4.69, 9.17) is 5.73 Å².